The number of carbonyl (C=O) groups is 3. The highest BCUT2D eigenvalue weighted by atomic mass is 16.6. The smallest absolute Gasteiger partial charge is 0.410 e. The van der Waals surface area contributed by atoms with E-state index >= 15 is 0 Å². The predicted molar refractivity (Wildman–Crippen MR) is 108 cm³/mol. The van der Waals surface area contributed by atoms with E-state index in [-0.39, 0.29) is 24.6 Å². The van der Waals surface area contributed by atoms with Crippen molar-refractivity contribution in [2.45, 2.75) is 32.9 Å². The second kappa shape index (κ2) is 10.7. The van der Waals surface area contributed by atoms with E-state index in [0.29, 0.717) is 32.6 Å². The Hall–Kier alpha value is -2.77. The van der Waals surface area contributed by atoms with Crippen LogP contribution in [0.2, 0.25) is 0 Å². The lowest BCUT2D eigenvalue weighted by atomic mass is 10.0. The van der Waals surface area contributed by atoms with E-state index < -0.39 is 12.0 Å². The first-order valence-corrected chi connectivity index (χ1v) is 9.90. The van der Waals surface area contributed by atoms with Crippen LogP contribution in [0.25, 0.3) is 0 Å². The van der Waals surface area contributed by atoms with Crippen molar-refractivity contribution in [1.29, 1.82) is 0 Å². The number of nitrogens with zero attached hydrogens (tertiary/aromatic N) is 3. The molecule has 1 heterocycles. The molecule has 160 valence electrons. The second-order valence-electron chi connectivity index (χ2n) is 7.47. The van der Waals surface area contributed by atoms with Crippen LogP contribution in [0.5, 0.6) is 0 Å². The molecule has 8 heteroatoms. The minimum Gasteiger partial charge on any atom is -0.467 e. The Bertz CT molecular complexity index is 695. The fraction of sp³-hybridized carbons (Fsp3) is 0.571. The fourth-order valence-corrected chi connectivity index (χ4v) is 3.44. The van der Waals surface area contributed by atoms with Gasteiger partial charge < -0.3 is 24.2 Å². The second-order valence-corrected chi connectivity index (χ2v) is 7.47. The lowest BCUT2D eigenvalue weighted by Crippen LogP contribution is -2.52. The van der Waals surface area contributed by atoms with Crippen molar-refractivity contribution in [3.05, 3.63) is 35.9 Å². The molecule has 0 N–H and O–H groups in total. The molecule has 29 heavy (non-hydrogen) atoms. The molecule has 0 aliphatic carbocycles. The van der Waals surface area contributed by atoms with Crippen LogP contribution in [0.4, 0.5) is 9.59 Å². The van der Waals surface area contributed by atoms with Crippen LogP contribution in [0, 0.1) is 5.92 Å². The van der Waals surface area contributed by atoms with Gasteiger partial charge in [0.15, 0.2) is 0 Å². The largest absolute Gasteiger partial charge is 0.467 e. The molecule has 0 saturated carbocycles. The van der Waals surface area contributed by atoms with Crippen LogP contribution in [0.1, 0.15) is 25.8 Å². The summed E-state index contributed by atoms with van der Waals surface area (Å²) in [5, 5.41) is 0. The minimum atomic E-state index is -0.650. The quantitative estimate of drug-likeness (QED) is 0.704. The topological polar surface area (TPSA) is 79.4 Å². The van der Waals surface area contributed by atoms with Gasteiger partial charge >= 0.3 is 18.1 Å². The van der Waals surface area contributed by atoms with Crippen molar-refractivity contribution in [3.63, 3.8) is 0 Å². The van der Waals surface area contributed by atoms with Crippen molar-refractivity contribution < 1.29 is 23.9 Å². The first kappa shape index (κ1) is 22.5. The summed E-state index contributed by atoms with van der Waals surface area (Å²) in [5.74, 6) is -0.510. The zero-order valence-corrected chi connectivity index (χ0v) is 17.7. The van der Waals surface area contributed by atoms with E-state index in [9.17, 15) is 14.4 Å². The maximum Gasteiger partial charge on any atom is 0.410 e. The highest BCUT2D eigenvalue weighted by Crippen LogP contribution is 2.15. The molecule has 0 aromatic heterocycles. The third-order valence-electron chi connectivity index (χ3n) is 5.02. The summed E-state index contributed by atoms with van der Waals surface area (Å²) in [6, 6.07) is 8.61. The number of urea groups is 1. The van der Waals surface area contributed by atoms with Gasteiger partial charge in [0.1, 0.15) is 12.6 Å². The number of benzene rings is 1. The summed E-state index contributed by atoms with van der Waals surface area (Å²) < 4.78 is 10.2. The molecule has 2 rings (SSSR count). The molecule has 1 atom stereocenters. The minimum absolute atomic E-state index is 0.0761. The lowest BCUT2D eigenvalue weighted by molar-refractivity contribution is -0.147. The maximum atomic E-state index is 12.9. The third-order valence-corrected chi connectivity index (χ3v) is 5.02. The normalized spacial score (nSPS) is 15.5. The highest BCUT2D eigenvalue weighted by molar-refractivity contribution is 5.83. The van der Waals surface area contributed by atoms with E-state index in [1.165, 1.54) is 12.0 Å². The summed E-state index contributed by atoms with van der Waals surface area (Å²) in [7, 11) is 2.93. The molecule has 0 spiro atoms. The van der Waals surface area contributed by atoms with Gasteiger partial charge in [0.25, 0.3) is 0 Å². The van der Waals surface area contributed by atoms with Crippen LogP contribution in [0.3, 0.4) is 0 Å². The Kier molecular flexibility index (Phi) is 8.30. The molecule has 1 aromatic rings. The zero-order valence-electron chi connectivity index (χ0n) is 17.7. The molecule has 3 amide bonds. The first-order valence-electron chi connectivity index (χ1n) is 9.90. The fourth-order valence-electron chi connectivity index (χ4n) is 3.44. The molecule has 0 unspecified atom stereocenters. The number of esters is 1. The number of methoxy groups -OCH3 is 1. The number of carbonyl (C=O) groups excluding carboxylic acids is 3. The van der Waals surface area contributed by atoms with Gasteiger partial charge in [-0.3, -0.25) is 0 Å². The van der Waals surface area contributed by atoms with Crippen molar-refractivity contribution in [2.24, 2.45) is 5.92 Å². The Balaban J connectivity index is 1.91. The van der Waals surface area contributed by atoms with Gasteiger partial charge in [-0.15, -0.1) is 0 Å². The lowest BCUT2D eigenvalue weighted by Gasteiger charge is -2.33. The molecule has 1 fully saturated rings. The van der Waals surface area contributed by atoms with Crippen LogP contribution >= 0.6 is 0 Å². The summed E-state index contributed by atoms with van der Waals surface area (Å²) in [6.07, 6.45) is 0.260. The molecule has 1 aromatic carbocycles. The van der Waals surface area contributed by atoms with Crippen LogP contribution in [-0.4, -0.2) is 79.2 Å². The van der Waals surface area contributed by atoms with E-state index in [4.69, 9.17) is 9.47 Å². The Labute approximate surface area is 172 Å². The number of hydrogen-bond donors (Lipinski definition) is 0. The van der Waals surface area contributed by atoms with E-state index in [2.05, 4.69) is 0 Å². The van der Waals surface area contributed by atoms with Crippen molar-refractivity contribution in [1.82, 2.24) is 14.7 Å². The number of likely N-dealkylation sites (N-methyl/N-ethyl adjacent to an activating group) is 1. The monoisotopic (exact) mass is 405 g/mol. The summed E-state index contributed by atoms with van der Waals surface area (Å²) in [5.41, 5.74) is 0.927. The average molecular weight is 405 g/mol. The SMILES string of the molecule is COC(=O)[C@H](C(C)C)N(C)C(=O)N1CCCN(C(=O)OCc2ccccc2)CC1. The predicted octanol–water partition coefficient (Wildman–Crippen LogP) is 2.58. The summed E-state index contributed by atoms with van der Waals surface area (Å²) in [4.78, 5) is 42.1. The van der Waals surface area contributed by atoms with E-state index in [1.54, 1.807) is 16.8 Å². The van der Waals surface area contributed by atoms with E-state index in [1.807, 2.05) is 44.2 Å². The number of hydrogen-bond acceptors (Lipinski definition) is 5. The highest BCUT2D eigenvalue weighted by Gasteiger charge is 2.33. The molecule has 1 aliphatic rings. The van der Waals surface area contributed by atoms with Gasteiger partial charge in [0.2, 0.25) is 0 Å². The average Bonchev–Trinajstić information content (AvgIpc) is 2.98. The molecule has 0 radical (unpaired) electrons. The van der Waals surface area contributed by atoms with Gasteiger partial charge in [-0.1, -0.05) is 44.2 Å². The van der Waals surface area contributed by atoms with Gasteiger partial charge in [-0.2, -0.15) is 0 Å². The molecule has 0 bridgehead atoms. The van der Waals surface area contributed by atoms with E-state index in [0.717, 1.165) is 5.56 Å². The Morgan fingerprint density at radius 2 is 1.66 bits per heavy atom. The Morgan fingerprint density at radius 1 is 1.03 bits per heavy atom. The molecular formula is C21H31N3O5. The maximum absolute atomic E-state index is 12.9. The standard InChI is InChI=1S/C21H31N3O5/c1-16(2)18(19(25)28-4)22(3)20(26)23-11-8-12-24(14-13-23)21(27)29-15-17-9-6-5-7-10-17/h5-7,9-10,16,18H,8,11-15H2,1-4H3/t18-/m0/s1. The van der Waals surface area contributed by atoms with Crippen LogP contribution in [0.15, 0.2) is 30.3 Å². The Morgan fingerprint density at radius 3 is 2.28 bits per heavy atom. The zero-order chi connectivity index (χ0) is 21.4. The number of amides is 3. The molecule has 1 aliphatic heterocycles. The van der Waals surface area contributed by atoms with Crippen molar-refractivity contribution in [3.8, 4) is 0 Å². The van der Waals surface area contributed by atoms with Gasteiger partial charge in [-0.25, -0.2) is 14.4 Å². The van der Waals surface area contributed by atoms with Crippen molar-refractivity contribution >= 4 is 18.1 Å². The number of rotatable bonds is 5. The number of ether oxygens (including phenoxy) is 2. The van der Waals surface area contributed by atoms with Gasteiger partial charge in [-0.05, 0) is 17.9 Å². The molecular weight excluding hydrogens is 374 g/mol. The molecule has 1 saturated heterocycles. The third kappa shape index (κ3) is 6.10. The first-order chi connectivity index (χ1) is 13.8. The van der Waals surface area contributed by atoms with Gasteiger partial charge in [0.05, 0.1) is 7.11 Å². The molecule has 8 nitrogen and oxygen atoms in total. The van der Waals surface area contributed by atoms with Gasteiger partial charge in [0, 0.05) is 33.2 Å². The summed E-state index contributed by atoms with van der Waals surface area (Å²) in [6.45, 7) is 5.77. The van der Waals surface area contributed by atoms with Crippen LogP contribution in [-0.2, 0) is 20.9 Å². The summed E-state index contributed by atoms with van der Waals surface area (Å²) >= 11 is 0. The van der Waals surface area contributed by atoms with Crippen molar-refractivity contribution in [2.75, 3.05) is 40.3 Å². The van der Waals surface area contributed by atoms with Crippen LogP contribution < -0.4 is 0 Å².